The lowest BCUT2D eigenvalue weighted by Gasteiger charge is -2.29. The van der Waals surface area contributed by atoms with Gasteiger partial charge in [0, 0.05) is 23.7 Å². The van der Waals surface area contributed by atoms with Gasteiger partial charge in [-0.1, -0.05) is 66.7 Å². The largest absolute Gasteiger partial charge is 0.476 e. The molecule has 3 aromatic rings. The second-order valence-electron chi connectivity index (χ2n) is 14.5. The van der Waals surface area contributed by atoms with E-state index >= 15 is 0 Å². The fourth-order valence-corrected chi connectivity index (χ4v) is 7.16. The van der Waals surface area contributed by atoms with Gasteiger partial charge in [-0.05, 0) is 114 Å². The molecule has 3 aromatic carbocycles. The summed E-state index contributed by atoms with van der Waals surface area (Å²) in [5.41, 5.74) is 0.674. The third kappa shape index (κ3) is 10.6. The molecule has 12 heteroatoms. The molecule has 0 aromatic heterocycles. The SMILES string of the molecule is CC(O)(C(=O)NC1CCNCC1)c1cccc(CO[C@H](C(=O)NC2CCNCC2)c2cccc(O[C@H](C(=O)NC3CCNCC3)c3ccccc3)c2)c1. The van der Waals surface area contributed by atoms with E-state index in [9.17, 15) is 19.5 Å². The van der Waals surface area contributed by atoms with Gasteiger partial charge in [0.05, 0.1) is 6.61 Å². The van der Waals surface area contributed by atoms with Crippen molar-refractivity contribution < 1.29 is 29.0 Å². The van der Waals surface area contributed by atoms with Crippen LogP contribution in [0.2, 0.25) is 0 Å². The minimum atomic E-state index is -1.76. The number of aliphatic hydroxyl groups is 1. The van der Waals surface area contributed by atoms with Crippen LogP contribution in [-0.4, -0.2) is 80.2 Å². The van der Waals surface area contributed by atoms with E-state index in [1.165, 1.54) is 6.92 Å². The molecule has 53 heavy (non-hydrogen) atoms. The summed E-state index contributed by atoms with van der Waals surface area (Å²) < 4.78 is 12.8. The molecule has 3 saturated heterocycles. The minimum absolute atomic E-state index is 0.00677. The van der Waals surface area contributed by atoms with E-state index < -0.39 is 23.7 Å². The topological polar surface area (TPSA) is 162 Å². The number of rotatable bonds is 14. The summed E-state index contributed by atoms with van der Waals surface area (Å²) in [5, 5.41) is 30.7. The van der Waals surface area contributed by atoms with Gasteiger partial charge in [-0.15, -0.1) is 0 Å². The van der Waals surface area contributed by atoms with Gasteiger partial charge in [-0.25, -0.2) is 0 Å². The van der Waals surface area contributed by atoms with Crippen molar-refractivity contribution in [2.45, 2.75) is 88.0 Å². The first-order valence-corrected chi connectivity index (χ1v) is 19.0. The van der Waals surface area contributed by atoms with Crippen molar-refractivity contribution in [3.05, 3.63) is 101 Å². The molecule has 0 spiro atoms. The molecule has 0 bridgehead atoms. The van der Waals surface area contributed by atoms with Crippen LogP contribution in [0, 0.1) is 0 Å². The Morgan fingerprint density at radius 2 is 1.21 bits per heavy atom. The monoisotopic (exact) mass is 726 g/mol. The van der Waals surface area contributed by atoms with Crippen LogP contribution in [0.1, 0.15) is 79.9 Å². The Morgan fingerprint density at radius 1 is 0.679 bits per heavy atom. The molecule has 284 valence electrons. The smallest absolute Gasteiger partial charge is 0.266 e. The standard InChI is InChI=1S/C41H54N6O6/c1-41(51,40(50)47-34-17-23-44-24-18-34)31-11-5-7-28(25-31)27-52-36(38(48)45-32-13-19-42-20-14-32)30-10-6-12-35(26-30)53-37(29-8-3-2-4-9-29)39(49)46-33-15-21-43-22-16-33/h2-12,25-26,32-34,36-37,42-44,51H,13-24,27H2,1H3,(H,45,48)(H,46,49)(H,47,50)/t36-,37-,41?/m0/s1. The van der Waals surface area contributed by atoms with Crippen LogP contribution in [0.15, 0.2) is 78.9 Å². The van der Waals surface area contributed by atoms with Gasteiger partial charge in [0.25, 0.3) is 17.7 Å². The van der Waals surface area contributed by atoms with Gasteiger partial charge in [-0.3, -0.25) is 14.4 Å². The molecule has 12 nitrogen and oxygen atoms in total. The summed E-state index contributed by atoms with van der Waals surface area (Å²) in [7, 11) is 0. The lowest BCUT2D eigenvalue weighted by Crippen LogP contribution is -2.49. The highest BCUT2D eigenvalue weighted by Crippen LogP contribution is 2.29. The average molecular weight is 727 g/mol. The van der Waals surface area contributed by atoms with Crippen molar-refractivity contribution in [2.24, 2.45) is 0 Å². The van der Waals surface area contributed by atoms with Gasteiger partial charge in [0.15, 0.2) is 11.7 Å². The van der Waals surface area contributed by atoms with Gasteiger partial charge < -0.3 is 46.5 Å². The fourth-order valence-electron chi connectivity index (χ4n) is 7.16. The number of carbonyl (C=O) groups is 3. The lowest BCUT2D eigenvalue weighted by molar-refractivity contribution is -0.140. The quantitative estimate of drug-likeness (QED) is 0.133. The third-order valence-electron chi connectivity index (χ3n) is 10.4. The molecular formula is C41H54N6O6. The third-order valence-corrected chi connectivity index (χ3v) is 10.4. The number of amides is 3. The van der Waals surface area contributed by atoms with Crippen LogP contribution in [0.5, 0.6) is 5.75 Å². The highest BCUT2D eigenvalue weighted by molar-refractivity contribution is 5.86. The van der Waals surface area contributed by atoms with Gasteiger partial charge in [0.1, 0.15) is 5.75 Å². The highest BCUT2D eigenvalue weighted by Gasteiger charge is 2.35. The Bertz CT molecular complexity index is 1650. The Morgan fingerprint density at radius 3 is 1.81 bits per heavy atom. The van der Waals surface area contributed by atoms with Gasteiger partial charge in [0.2, 0.25) is 6.10 Å². The molecule has 0 radical (unpaired) electrons. The molecular weight excluding hydrogens is 672 g/mol. The second kappa shape index (κ2) is 18.6. The molecule has 0 saturated carbocycles. The Balaban J connectivity index is 1.20. The molecule has 3 atom stereocenters. The van der Waals surface area contributed by atoms with Crippen LogP contribution in [0.25, 0.3) is 0 Å². The van der Waals surface area contributed by atoms with Crippen LogP contribution in [0.4, 0.5) is 0 Å². The highest BCUT2D eigenvalue weighted by atomic mass is 16.5. The van der Waals surface area contributed by atoms with Crippen LogP contribution < -0.4 is 36.6 Å². The number of hydrogen-bond acceptors (Lipinski definition) is 9. The lowest BCUT2D eigenvalue weighted by atomic mass is 9.92. The predicted octanol–water partition coefficient (Wildman–Crippen LogP) is 2.88. The van der Waals surface area contributed by atoms with E-state index in [0.717, 1.165) is 83.4 Å². The molecule has 3 aliphatic rings. The predicted molar refractivity (Wildman–Crippen MR) is 202 cm³/mol. The summed E-state index contributed by atoms with van der Waals surface area (Å²) in [6.07, 6.45) is 3.03. The van der Waals surface area contributed by atoms with Crippen molar-refractivity contribution in [2.75, 3.05) is 39.3 Å². The summed E-state index contributed by atoms with van der Waals surface area (Å²) in [5.74, 6) is -0.512. The summed E-state index contributed by atoms with van der Waals surface area (Å²) in [6, 6.07) is 23.7. The molecule has 6 rings (SSSR count). The van der Waals surface area contributed by atoms with Crippen molar-refractivity contribution in [3.8, 4) is 5.75 Å². The van der Waals surface area contributed by atoms with E-state index in [1.807, 2.05) is 42.5 Å². The summed E-state index contributed by atoms with van der Waals surface area (Å²) in [6.45, 7) is 6.52. The van der Waals surface area contributed by atoms with E-state index in [2.05, 4.69) is 31.9 Å². The minimum Gasteiger partial charge on any atom is -0.476 e. The molecule has 1 unspecified atom stereocenters. The Hall–Kier alpha value is -4.33. The molecule has 3 amide bonds. The number of benzene rings is 3. The zero-order chi connectivity index (χ0) is 37.0. The van der Waals surface area contributed by atoms with E-state index in [1.54, 1.807) is 36.4 Å². The van der Waals surface area contributed by atoms with E-state index in [-0.39, 0.29) is 36.5 Å². The Kier molecular flexibility index (Phi) is 13.5. The molecule has 7 N–H and O–H groups in total. The van der Waals surface area contributed by atoms with Crippen LogP contribution >= 0.6 is 0 Å². The van der Waals surface area contributed by atoms with Gasteiger partial charge in [-0.2, -0.15) is 0 Å². The van der Waals surface area contributed by atoms with Crippen molar-refractivity contribution in [1.29, 1.82) is 0 Å². The normalized spacial score (nSPS) is 19.7. The van der Waals surface area contributed by atoms with Crippen molar-refractivity contribution in [3.63, 3.8) is 0 Å². The zero-order valence-corrected chi connectivity index (χ0v) is 30.6. The van der Waals surface area contributed by atoms with Crippen molar-refractivity contribution in [1.82, 2.24) is 31.9 Å². The number of ether oxygens (including phenoxy) is 2. The van der Waals surface area contributed by atoms with Crippen molar-refractivity contribution >= 4 is 17.7 Å². The maximum atomic E-state index is 14.0. The maximum Gasteiger partial charge on any atom is 0.266 e. The first-order valence-electron chi connectivity index (χ1n) is 19.0. The van der Waals surface area contributed by atoms with Crippen LogP contribution in [-0.2, 0) is 31.3 Å². The fraction of sp³-hybridized carbons (Fsp3) is 0.488. The average Bonchev–Trinajstić information content (AvgIpc) is 3.19. The summed E-state index contributed by atoms with van der Waals surface area (Å²) in [4.78, 5) is 40.8. The first-order chi connectivity index (χ1) is 25.8. The number of carbonyl (C=O) groups excluding carboxylic acids is 3. The van der Waals surface area contributed by atoms with Crippen LogP contribution in [0.3, 0.4) is 0 Å². The molecule has 3 aliphatic heterocycles. The Labute approximate surface area is 312 Å². The van der Waals surface area contributed by atoms with Gasteiger partial charge >= 0.3 is 0 Å². The van der Waals surface area contributed by atoms with E-state index in [0.29, 0.717) is 22.4 Å². The summed E-state index contributed by atoms with van der Waals surface area (Å²) >= 11 is 0. The maximum absolute atomic E-state index is 14.0. The molecule has 0 aliphatic carbocycles. The first kappa shape index (κ1) is 38.4. The second-order valence-corrected chi connectivity index (χ2v) is 14.5. The number of nitrogens with one attached hydrogen (secondary N) is 6. The number of hydrogen-bond donors (Lipinski definition) is 7. The number of piperidine rings is 3. The molecule has 3 fully saturated rings. The zero-order valence-electron chi connectivity index (χ0n) is 30.6. The van der Waals surface area contributed by atoms with E-state index in [4.69, 9.17) is 9.47 Å². The molecule has 3 heterocycles.